The van der Waals surface area contributed by atoms with Crippen LogP contribution in [0.2, 0.25) is 0 Å². The minimum absolute atomic E-state index is 0.0299. The molecule has 0 bridgehead atoms. The van der Waals surface area contributed by atoms with E-state index < -0.39 is 11.5 Å². The minimum atomic E-state index is -0.900. The quantitative estimate of drug-likeness (QED) is 0.717. The Bertz CT molecular complexity index is 608. The number of carbonyl (C=O) groups is 2. The van der Waals surface area contributed by atoms with Crippen molar-refractivity contribution in [1.29, 1.82) is 0 Å². The molecule has 4 aliphatic carbocycles. The maximum atomic E-state index is 12.9. The van der Waals surface area contributed by atoms with Crippen LogP contribution in [0.4, 0.5) is 0 Å². The van der Waals surface area contributed by atoms with Gasteiger partial charge in [0.1, 0.15) is 6.10 Å². The van der Waals surface area contributed by atoms with Crippen LogP contribution in [0.15, 0.2) is 11.6 Å². The van der Waals surface area contributed by atoms with E-state index in [1.54, 1.807) is 6.08 Å². The standard InChI is InChI=1S/C19H26O4/c1-18-5-3-11(20)7-10(18)8-14(21)16-12(18)4-6-19(2)13(16)9-15(22)17(19)23/h8,11-13,15-16,20,22H,3-7,9H2,1-2H3/t11?,12-,13+,15?,16-,18+,19+/m1/s1. The van der Waals surface area contributed by atoms with Gasteiger partial charge in [-0.3, -0.25) is 9.59 Å². The number of hydrogen-bond donors (Lipinski definition) is 2. The molecular weight excluding hydrogens is 292 g/mol. The van der Waals surface area contributed by atoms with E-state index in [0.717, 1.165) is 31.3 Å². The molecule has 4 heteroatoms. The predicted molar refractivity (Wildman–Crippen MR) is 84.5 cm³/mol. The molecule has 0 aromatic rings. The first-order valence-electron chi connectivity index (χ1n) is 8.93. The summed E-state index contributed by atoms with van der Waals surface area (Å²) in [6.45, 7) is 4.19. The van der Waals surface area contributed by atoms with Crippen molar-refractivity contribution in [2.45, 2.75) is 64.6 Å². The second-order valence-corrected chi connectivity index (χ2v) is 8.70. The summed E-state index contributed by atoms with van der Waals surface area (Å²) in [5, 5.41) is 20.1. The smallest absolute Gasteiger partial charge is 0.167 e. The number of hydrogen-bond acceptors (Lipinski definition) is 4. The van der Waals surface area contributed by atoms with Gasteiger partial charge in [-0.2, -0.15) is 0 Å². The monoisotopic (exact) mass is 318 g/mol. The van der Waals surface area contributed by atoms with Gasteiger partial charge in [-0.25, -0.2) is 0 Å². The summed E-state index contributed by atoms with van der Waals surface area (Å²) in [7, 11) is 0. The van der Waals surface area contributed by atoms with Gasteiger partial charge in [0.05, 0.1) is 6.10 Å². The van der Waals surface area contributed by atoms with Crippen LogP contribution in [0.1, 0.15) is 52.4 Å². The van der Waals surface area contributed by atoms with Crippen LogP contribution in [0.3, 0.4) is 0 Å². The van der Waals surface area contributed by atoms with Crippen molar-refractivity contribution in [3.05, 3.63) is 11.6 Å². The fourth-order valence-corrected chi connectivity index (χ4v) is 6.18. The van der Waals surface area contributed by atoms with Gasteiger partial charge in [-0.15, -0.1) is 0 Å². The first-order chi connectivity index (χ1) is 10.8. The molecule has 4 nitrogen and oxygen atoms in total. The number of allylic oxidation sites excluding steroid dienone is 1. The van der Waals surface area contributed by atoms with Crippen LogP contribution >= 0.6 is 0 Å². The van der Waals surface area contributed by atoms with Crippen LogP contribution in [0, 0.1) is 28.6 Å². The van der Waals surface area contributed by atoms with Crippen molar-refractivity contribution in [3.63, 3.8) is 0 Å². The molecule has 0 heterocycles. The normalized spacial score (nSPS) is 52.5. The summed E-state index contributed by atoms with van der Waals surface area (Å²) in [6.07, 6.45) is 4.91. The second kappa shape index (κ2) is 4.76. The molecule has 2 N–H and O–H groups in total. The number of fused-ring (bicyclic) bond motifs is 5. The highest BCUT2D eigenvalue weighted by Crippen LogP contribution is 2.63. The SMILES string of the molecule is C[C@]12CCC(O)CC1=CC(=O)[C@@H]1[C@H]2CC[C@]2(C)C(=O)C(O)C[C@@H]12. The zero-order chi connectivity index (χ0) is 16.6. The lowest BCUT2D eigenvalue weighted by molar-refractivity contribution is -0.141. The molecule has 0 aromatic heterocycles. The average molecular weight is 318 g/mol. The van der Waals surface area contributed by atoms with E-state index >= 15 is 0 Å². The van der Waals surface area contributed by atoms with Crippen molar-refractivity contribution in [2.75, 3.05) is 0 Å². The molecule has 23 heavy (non-hydrogen) atoms. The molecule has 7 atom stereocenters. The van der Waals surface area contributed by atoms with Gasteiger partial charge in [-0.1, -0.05) is 19.4 Å². The Balaban J connectivity index is 1.76. The highest BCUT2D eigenvalue weighted by Gasteiger charge is 2.62. The Morgan fingerprint density at radius 1 is 1.04 bits per heavy atom. The number of ketones is 2. The molecule has 2 unspecified atom stereocenters. The summed E-state index contributed by atoms with van der Waals surface area (Å²) in [6, 6.07) is 0. The van der Waals surface area contributed by atoms with Crippen LogP contribution in [-0.4, -0.2) is 34.0 Å². The highest BCUT2D eigenvalue weighted by molar-refractivity contribution is 5.97. The zero-order valence-corrected chi connectivity index (χ0v) is 13.9. The van der Waals surface area contributed by atoms with Gasteiger partial charge in [0.25, 0.3) is 0 Å². The van der Waals surface area contributed by atoms with E-state index in [0.29, 0.717) is 12.8 Å². The third kappa shape index (κ3) is 1.91. The van der Waals surface area contributed by atoms with E-state index in [4.69, 9.17) is 0 Å². The Kier molecular flexibility index (Phi) is 3.21. The fraction of sp³-hybridized carbons (Fsp3) is 0.789. The van der Waals surface area contributed by atoms with Gasteiger partial charge in [0, 0.05) is 11.3 Å². The zero-order valence-electron chi connectivity index (χ0n) is 13.9. The van der Waals surface area contributed by atoms with Gasteiger partial charge in [0.15, 0.2) is 11.6 Å². The van der Waals surface area contributed by atoms with E-state index in [2.05, 4.69) is 6.92 Å². The molecule has 0 aromatic carbocycles. The van der Waals surface area contributed by atoms with Crippen LogP contribution in [0.5, 0.6) is 0 Å². The number of carbonyl (C=O) groups excluding carboxylic acids is 2. The number of rotatable bonds is 0. The molecule has 3 saturated carbocycles. The molecule has 0 spiro atoms. The third-order valence-electron chi connectivity index (χ3n) is 7.65. The van der Waals surface area contributed by atoms with E-state index in [1.807, 2.05) is 6.92 Å². The number of aliphatic hydroxyl groups is 2. The van der Waals surface area contributed by atoms with Gasteiger partial charge in [-0.05, 0) is 61.9 Å². The lowest BCUT2D eigenvalue weighted by Gasteiger charge is -2.55. The summed E-state index contributed by atoms with van der Waals surface area (Å²) in [5.41, 5.74) is 0.540. The van der Waals surface area contributed by atoms with Crippen molar-refractivity contribution in [2.24, 2.45) is 28.6 Å². The molecule has 4 aliphatic rings. The number of Topliss-reactive ketones (excluding diaryl/α,β-unsaturated/α-hetero) is 1. The molecule has 0 saturated heterocycles. The van der Waals surface area contributed by atoms with E-state index in [9.17, 15) is 19.8 Å². The topological polar surface area (TPSA) is 74.6 Å². The highest BCUT2D eigenvalue weighted by atomic mass is 16.3. The van der Waals surface area contributed by atoms with Gasteiger partial charge >= 0.3 is 0 Å². The lowest BCUT2D eigenvalue weighted by atomic mass is 9.48. The molecule has 0 amide bonds. The van der Waals surface area contributed by atoms with Gasteiger partial charge < -0.3 is 10.2 Å². The van der Waals surface area contributed by atoms with Crippen molar-refractivity contribution >= 4 is 11.6 Å². The molecule has 4 rings (SSSR count). The van der Waals surface area contributed by atoms with Gasteiger partial charge in [0.2, 0.25) is 0 Å². The third-order valence-corrected chi connectivity index (χ3v) is 7.65. The molecule has 3 fully saturated rings. The molecule has 0 aliphatic heterocycles. The first kappa shape index (κ1) is 15.5. The fourth-order valence-electron chi connectivity index (χ4n) is 6.18. The second-order valence-electron chi connectivity index (χ2n) is 8.70. The maximum absolute atomic E-state index is 12.9. The van der Waals surface area contributed by atoms with Crippen LogP contribution in [0.25, 0.3) is 0 Å². The summed E-state index contributed by atoms with van der Waals surface area (Å²) in [5.74, 6) is 0.136. The maximum Gasteiger partial charge on any atom is 0.167 e. The van der Waals surface area contributed by atoms with Crippen molar-refractivity contribution in [3.8, 4) is 0 Å². The van der Waals surface area contributed by atoms with E-state index in [1.165, 1.54) is 0 Å². The predicted octanol–water partition coefficient (Wildman–Crippen LogP) is 2.03. The summed E-state index contributed by atoms with van der Waals surface area (Å²) < 4.78 is 0. The van der Waals surface area contributed by atoms with E-state index in [-0.39, 0.29) is 40.8 Å². The van der Waals surface area contributed by atoms with Crippen LogP contribution < -0.4 is 0 Å². The van der Waals surface area contributed by atoms with Crippen molar-refractivity contribution < 1.29 is 19.8 Å². The number of aliphatic hydroxyl groups excluding tert-OH is 2. The first-order valence-corrected chi connectivity index (χ1v) is 8.93. The minimum Gasteiger partial charge on any atom is -0.393 e. The lowest BCUT2D eigenvalue weighted by Crippen LogP contribution is -2.53. The molecular formula is C19H26O4. The molecule has 0 radical (unpaired) electrons. The summed E-state index contributed by atoms with van der Waals surface area (Å²) >= 11 is 0. The Morgan fingerprint density at radius 2 is 1.74 bits per heavy atom. The average Bonchev–Trinajstić information content (AvgIpc) is 2.73. The largest absolute Gasteiger partial charge is 0.393 e. The Hall–Kier alpha value is -1.00. The Morgan fingerprint density at radius 3 is 2.48 bits per heavy atom. The van der Waals surface area contributed by atoms with Crippen molar-refractivity contribution in [1.82, 2.24) is 0 Å². The molecule has 126 valence electrons. The Labute approximate surface area is 137 Å². The van der Waals surface area contributed by atoms with Crippen LogP contribution in [-0.2, 0) is 9.59 Å². The summed E-state index contributed by atoms with van der Waals surface area (Å²) in [4.78, 5) is 25.3.